The molecule has 18 heavy (non-hydrogen) atoms. The summed E-state index contributed by atoms with van der Waals surface area (Å²) in [7, 11) is 1.47. The van der Waals surface area contributed by atoms with Crippen molar-refractivity contribution in [1.29, 1.82) is 0 Å². The average molecular weight is 250 g/mol. The first-order valence-corrected chi connectivity index (χ1v) is 5.54. The van der Waals surface area contributed by atoms with Crippen molar-refractivity contribution in [3.05, 3.63) is 28.6 Å². The van der Waals surface area contributed by atoms with Gasteiger partial charge in [0.15, 0.2) is 5.75 Å². The summed E-state index contributed by atoms with van der Waals surface area (Å²) < 4.78 is 15.5. The van der Waals surface area contributed by atoms with Crippen LogP contribution in [0, 0.1) is 0 Å². The molecule has 0 bridgehead atoms. The van der Waals surface area contributed by atoms with Crippen LogP contribution in [0.25, 0.3) is 11.0 Å². The highest BCUT2D eigenvalue weighted by Crippen LogP contribution is 2.37. The van der Waals surface area contributed by atoms with E-state index in [4.69, 9.17) is 13.9 Å². The van der Waals surface area contributed by atoms with E-state index in [0.29, 0.717) is 11.1 Å². The van der Waals surface area contributed by atoms with Gasteiger partial charge in [-0.2, -0.15) is 0 Å². The molecule has 2 aromatic rings. The van der Waals surface area contributed by atoms with Gasteiger partial charge < -0.3 is 19.0 Å². The second-order valence-electron chi connectivity index (χ2n) is 4.07. The molecule has 0 saturated heterocycles. The lowest BCUT2D eigenvalue weighted by Gasteiger charge is -2.12. The molecule has 0 amide bonds. The van der Waals surface area contributed by atoms with Crippen molar-refractivity contribution in [3.8, 4) is 17.2 Å². The van der Waals surface area contributed by atoms with E-state index in [9.17, 15) is 9.90 Å². The number of benzene rings is 1. The first-order chi connectivity index (χ1) is 8.54. The van der Waals surface area contributed by atoms with Crippen molar-refractivity contribution in [1.82, 2.24) is 0 Å². The van der Waals surface area contributed by atoms with Gasteiger partial charge in [0.25, 0.3) is 0 Å². The summed E-state index contributed by atoms with van der Waals surface area (Å²) in [6, 6.07) is 4.92. The molecule has 5 heteroatoms. The Morgan fingerprint density at radius 1 is 1.33 bits per heavy atom. The van der Waals surface area contributed by atoms with Crippen LogP contribution >= 0.6 is 0 Å². The van der Waals surface area contributed by atoms with Crippen LogP contribution in [0.2, 0.25) is 0 Å². The Kier molecular flexibility index (Phi) is 3.14. The van der Waals surface area contributed by atoms with Gasteiger partial charge in [-0.05, 0) is 26.0 Å². The highest BCUT2D eigenvalue weighted by molar-refractivity contribution is 5.91. The van der Waals surface area contributed by atoms with Crippen LogP contribution < -0.4 is 15.1 Å². The summed E-state index contributed by atoms with van der Waals surface area (Å²) in [5.74, 6) is -0.0308. The fourth-order valence-corrected chi connectivity index (χ4v) is 1.70. The van der Waals surface area contributed by atoms with Gasteiger partial charge in [-0.25, -0.2) is 4.79 Å². The number of hydrogen-bond acceptors (Lipinski definition) is 5. The largest absolute Gasteiger partial charge is 0.503 e. The molecular formula is C13H14O5. The molecule has 0 aliphatic heterocycles. The van der Waals surface area contributed by atoms with Gasteiger partial charge in [0.1, 0.15) is 16.7 Å². The molecule has 1 aromatic heterocycles. The van der Waals surface area contributed by atoms with Gasteiger partial charge >= 0.3 is 5.63 Å². The van der Waals surface area contributed by atoms with Crippen molar-refractivity contribution in [2.75, 3.05) is 7.11 Å². The molecule has 0 aliphatic carbocycles. The van der Waals surface area contributed by atoms with Gasteiger partial charge in [0.05, 0.1) is 13.2 Å². The summed E-state index contributed by atoms with van der Waals surface area (Å²) in [4.78, 5) is 11.7. The molecule has 0 atom stereocenters. The Morgan fingerprint density at radius 2 is 2.06 bits per heavy atom. The minimum atomic E-state index is -0.707. The van der Waals surface area contributed by atoms with Crippen molar-refractivity contribution >= 4 is 11.0 Å². The third-order valence-corrected chi connectivity index (χ3v) is 2.40. The minimum Gasteiger partial charge on any atom is -0.503 e. The molecule has 2 rings (SSSR count). The van der Waals surface area contributed by atoms with Crippen LogP contribution in [0.3, 0.4) is 0 Å². The normalized spacial score (nSPS) is 10.9. The van der Waals surface area contributed by atoms with Crippen LogP contribution in [-0.4, -0.2) is 18.3 Å². The third-order valence-electron chi connectivity index (χ3n) is 2.40. The summed E-state index contributed by atoms with van der Waals surface area (Å²) in [6.07, 6.45) is -0.244. The Bertz CT molecular complexity index is 627. The first kappa shape index (κ1) is 12.3. The maximum absolute atomic E-state index is 11.7. The molecule has 0 saturated carbocycles. The lowest BCUT2D eigenvalue weighted by Crippen LogP contribution is -2.13. The van der Waals surface area contributed by atoms with Gasteiger partial charge in [-0.3, -0.25) is 0 Å². The van der Waals surface area contributed by atoms with E-state index in [1.807, 2.05) is 0 Å². The smallest absolute Gasteiger partial charge is 0.383 e. The SMILES string of the molecule is COc1cccc2oc(=O)c(OC(C)C)c(O)c12. The second kappa shape index (κ2) is 4.60. The summed E-state index contributed by atoms with van der Waals surface area (Å²) in [5.41, 5.74) is -0.449. The van der Waals surface area contributed by atoms with Crippen LogP contribution in [0.4, 0.5) is 0 Å². The fraction of sp³-hybridized carbons (Fsp3) is 0.308. The second-order valence-corrected chi connectivity index (χ2v) is 4.07. The molecule has 1 aromatic carbocycles. The monoisotopic (exact) mass is 250 g/mol. The topological polar surface area (TPSA) is 68.9 Å². The average Bonchev–Trinajstić information content (AvgIpc) is 2.33. The number of hydrogen-bond donors (Lipinski definition) is 1. The quantitative estimate of drug-likeness (QED) is 0.846. The maximum atomic E-state index is 11.7. The fourth-order valence-electron chi connectivity index (χ4n) is 1.70. The number of ether oxygens (including phenoxy) is 2. The van der Waals surface area contributed by atoms with E-state index < -0.39 is 5.63 Å². The van der Waals surface area contributed by atoms with E-state index in [-0.39, 0.29) is 23.2 Å². The maximum Gasteiger partial charge on any atom is 0.383 e. The van der Waals surface area contributed by atoms with E-state index in [1.165, 1.54) is 7.11 Å². The van der Waals surface area contributed by atoms with Crippen molar-refractivity contribution < 1.29 is 19.0 Å². The highest BCUT2D eigenvalue weighted by atomic mass is 16.5. The molecule has 0 unspecified atom stereocenters. The molecule has 0 fully saturated rings. The van der Waals surface area contributed by atoms with Crippen LogP contribution in [0.1, 0.15) is 13.8 Å². The predicted octanol–water partition coefficient (Wildman–Crippen LogP) is 2.29. The predicted molar refractivity (Wildman–Crippen MR) is 66.5 cm³/mol. The van der Waals surface area contributed by atoms with E-state index in [0.717, 1.165) is 0 Å². The van der Waals surface area contributed by atoms with E-state index in [2.05, 4.69) is 0 Å². The molecular weight excluding hydrogens is 236 g/mol. The van der Waals surface area contributed by atoms with Crippen LogP contribution in [0.15, 0.2) is 27.4 Å². The number of aromatic hydroxyl groups is 1. The van der Waals surface area contributed by atoms with E-state index >= 15 is 0 Å². The number of methoxy groups -OCH3 is 1. The van der Waals surface area contributed by atoms with Gasteiger partial charge in [-0.1, -0.05) is 6.07 Å². The lowest BCUT2D eigenvalue weighted by molar-refractivity contribution is 0.221. The zero-order valence-electron chi connectivity index (χ0n) is 10.4. The van der Waals surface area contributed by atoms with Gasteiger partial charge in [0, 0.05) is 0 Å². The Morgan fingerprint density at radius 3 is 2.67 bits per heavy atom. The molecule has 5 nitrogen and oxygen atoms in total. The van der Waals surface area contributed by atoms with Crippen molar-refractivity contribution in [3.63, 3.8) is 0 Å². The summed E-state index contributed by atoms with van der Waals surface area (Å²) in [5, 5.41) is 10.5. The summed E-state index contributed by atoms with van der Waals surface area (Å²) >= 11 is 0. The molecule has 0 aliphatic rings. The lowest BCUT2D eigenvalue weighted by atomic mass is 10.2. The Labute approximate surface area is 104 Å². The minimum absolute atomic E-state index is 0.193. The Hall–Kier alpha value is -2.17. The van der Waals surface area contributed by atoms with Crippen LogP contribution in [0.5, 0.6) is 17.2 Å². The Balaban J connectivity index is 2.78. The molecule has 1 heterocycles. The zero-order chi connectivity index (χ0) is 13.3. The highest BCUT2D eigenvalue weighted by Gasteiger charge is 2.19. The van der Waals surface area contributed by atoms with Gasteiger partial charge in [-0.15, -0.1) is 0 Å². The van der Waals surface area contributed by atoms with Crippen molar-refractivity contribution in [2.45, 2.75) is 20.0 Å². The molecule has 1 N–H and O–H groups in total. The van der Waals surface area contributed by atoms with Crippen LogP contribution in [-0.2, 0) is 0 Å². The number of fused-ring (bicyclic) bond motifs is 1. The zero-order valence-corrected chi connectivity index (χ0v) is 10.4. The molecule has 96 valence electrons. The van der Waals surface area contributed by atoms with Crippen molar-refractivity contribution in [2.24, 2.45) is 0 Å². The first-order valence-electron chi connectivity index (χ1n) is 5.54. The number of rotatable bonds is 3. The summed E-state index contributed by atoms with van der Waals surface area (Å²) in [6.45, 7) is 3.51. The van der Waals surface area contributed by atoms with E-state index in [1.54, 1.807) is 32.0 Å². The molecule has 0 spiro atoms. The standard InChI is InChI=1S/C13H14O5/c1-7(2)17-12-11(14)10-8(16-3)5-4-6-9(10)18-13(12)15/h4-7,14H,1-3H3. The third kappa shape index (κ3) is 1.99. The van der Waals surface area contributed by atoms with Gasteiger partial charge in [0.2, 0.25) is 5.75 Å². The molecule has 0 radical (unpaired) electrons.